The van der Waals surface area contributed by atoms with Gasteiger partial charge in [-0.2, -0.15) is 16.2 Å². The molecule has 0 radical (unpaired) electrons. The van der Waals surface area contributed by atoms with Gasteiger partial charge in [-0.15, -0.1) is 0 Å². The fraction of sp³-hybridized carbons (Fsp3) is 0.0714. The molecule has 2 aromatic carbocycles. The van der Waals surface area contributed by atoms with E-state index in [1.165, 1.54) is 21.2 Å². The molecule has 16 heavy (non-hydrogen) atoms. The van der Waals surface area contributed by atoms with Gasteiger partial charge in [0.1, 0.15) is 0 Å². The molecule has 1 unspecified atom stereocenters. The Morgan fingerprint density at radius 2 is 1.88 bits per heavy atom. The van der Waals surface area contributed by atoms with E-state index in [-0.39, 0.29) is 10.9 Å². The molecule has 1 aliphatic rings. The van der Waals surface area contributed by atoms with Crippen LogP contribution in [0, 0.1) is 11.3 Å². The van der Waals surface area contributed by atoms with E-state index in [1.54, 1.807) is 0 Å². The molecule has 1 aliphatic heterocycles. The molecule has 1 nitrogen and oxygen atoms in total. The molecule has 0 N–H and O–H groups in total. The van der Waals surface area contributed by atoms with E-state index in [0.29, 0.717) is 5.75 Å². The molecule has 0 spiro atoms. The summed E-state index contributed by atoms with van der Waals surface area (Å²) in [7, 11) is -0.376. The number of nitriles is 1. The van der Waals surface area contributed by atoms with Gasteiger partial charge in [-0.25, -0.2) is 0 Å². The van der Waals surface area contributed by atoms with E-state index >= 15 is 0 Å². The Morgan fingerprint density at radius 1 is 1.12 bits per heavy atom. The lowest BCUT2D eigenvalue weighted by molar-refractivity contribution is 1.45. The lowest BCUT2D eigenvalue weighted by Gasteiger charge is -2.12. The van der Waals surface area contributed by atoms with E-state index in [4.69, 9.17) is 5.26 Å². The third-order valence-corrected chi connectivity index (χ3v) is 4.88. The maximum Gasteiger partial charge on any atom is 0.0719 e. The Bertz CT molecular complexity index is 622. The van der Waals surface area contributed by atoms with E-state index in [2.05, 4.69) is 54.0 Å². The number of rotatable bonds is 1. The van der Waals surface area contributed by atoms with Crippen molar-refractivity contribution in [3.05, 3.63) is 47.4 Å². The number of nitrogens with zero attached hydrogens (tertiary/aromatic N) is 1. The van der Waals surface area contributed by atoms with E-state index in [0.717, 1.165) is 0 Å². The van der Waals surface area contributed by atoms with Crippen LogP contribution in [0.5, 0.6) is 0 Å². The lowest BCUT2D eigenvalue weighted by atomic mass is 10.1. The van der Waals surface area contributed by atoms with Crippen molar-refractivity contribution in [1.29, 1.82) is 5.26 Å². The molecule has 0 saturated carbocycles. The highest BCUT2D eigenvalue weighted by Gasteiger charge is 2.14. The van der Waals surface area contributed by atoms with Crippen LogP contribution < -0.4 is 0 Å². The molecule has 2 heteroatoms. The summed E-state index contributed by atoms with van der Waals surface area (Å²) in [5, 5.41) is 13.5. The Morgan fingerprint density at radius 3 is 2.62 bits per heavy atom. The fourth-order valence-electron chi connectivity index (χ4n) is 2.09. The largest absolute Gasteiger partial charge is 0.197 e. The minimum absolute atomic E-state index is 0.376. The van der Waals surface area contributed by atoms with Gasteiger partial charge in [0.25, 0.3) is 0 Å². The van der Waals surface area contributed by atoms with Crippen LogP contribution in [0.1, 0.15) is 5.56 Å². The van der Waals surface area contributed by atoms with Gasteiger partial charge in [0.2, 0.25) is 0 Å². The van der Waals surface area contributed by atoms with Crippen LogP contribution in [0.15, 0.2) is 46.7 Å². The molecule has 2 aromatic rings. The van der Waals surface area contributed by atoms with Crippen molar-refractivity contribution in [3.63, 3.8) is 0 Å². The Labute approximate surface area is 97.4 Å². The van der Waals surface area contributed by atoms with Crippen molar-refractivity contribution in [1.82, 2.24) is 0 Å². The third kappa shape index (κ3) is 1.41. The first-order valence-electron chi connectivity index (χ1n) is 5.23. The van der Waals surface area contributed by atoms with Gasteiger partial charge in [0, 0.05) is 0 Å². The quantitative estimate of drug-likeness (QED) is 0.735. The Kier molecular flexibility index (Phi) is 2.19. The second-order valence-corrected chi connectivity index (χ2v) is 5.90. The minimum Gasteiger partial charge on any atom is -0.197 e. The van der Waals surface area contributed by atoms with Crippen molar-refractivity contribution < 1.29 is 0 Å². The zero-order chi connectivity index (χ0) is 11.0. The second-order valence-electron chi connectivity index (χ2n) is 3.86. The first-order chi connectivity index (χ1) is 7.88. The molecule has 0 aliphatic carbocycles. The smallest absolute Gasteiger partial charge is 0.0719 e. The van der Waals surface area contributed by atoms with Crippen LogP contribution in [0.3, 0.4) is 0 Å². The van der Waals surface area contributed by atoms with E-state index in [9.17, 15) is 0 Å². The highest BCUT2D eigenvalue weighted by atomic mass is 32.2. The monoisotopic (exact) mass is 225 g/mol. The zero-order valence-electron chi connectivity index (χ0n) is 8.72. The van der Waals surface area contributed by atoms with E-state index < -0.39 is 0 Å². The first-order valence-corrected chi connectivity index (χ1v) is 6.83. The molecule has 0 fully saturated rings. The third-order valence-electron chi connectivity index (χ3n) is 2.88. The summed E-state index contributed by atoms with van der Waals surface area (Å²) in [4.78, 5) is 1.36. The van der Waals surface area contributed by atoms with Gasteiger partial charge in [-0.3, -0.25) is 0 Å². The van der Waals surface area contributed by atoms with Crippen molar-refractivity contribution in [2.45, 2.75) is 4.90 Å². The number of thiol groups is 1. The van der Waals surface area contributed by atoms with Crippen LogP contribution >= 0.6 is 10.9 Å². The Hall–Kier alpha value is -1.72. The van der Waals surface area contributed by atoms with Crippen molar-refractivity contribution >= 4 is 27.7 Å². The Balaban J connectivity index is 2.19. The van der Waals surface area contributed by atoms with Gasteiger partial charge < -0.3 is 0 Å². The van der Waals surface area contributed by atoms with Crippen LogP contribution in [0.4, 0.5) is 0 Å². The maximum atomic E-state index is 8.80. The van der Waals surface area contributed by atoms with Gasteiger partial charge in [0.15, 0.2) is 0 Å². The van der Waals surface area contributed by atoms with Crippen LogP contribution in [-0.2, 0) is 0 Å². The lowest BCUT2D eigenvalue weighted by Crippen LogP contribution is -1.84. The molecule has 0 amide bonds. The molecular weight excluding hydrogens is 214 g/mol. The zero-order valence-corrected chi connectivity index (χ0v) is 9.61. The van der Waals surface area contributed by atoms with Crippen LogP contribution in [0.2, 0.25) is 0 Å². The average molecular weight is 225 g/mol. The summed E-state index contributed by atoms with van der Waals surface area (Å²) in [6.45, 7) is 0. The van der Waals surface area contributed by atoms with Crippen LogP contribution in [0.25, 0.3) is 16.8 Å². The summed E-state index contributed by atoms with van der Waals surface area (Å²) in [5.74, 6) is 0.636. The summed E-state index contributed by atoms with van der Waals surface area (Å²) in [6, 6.07) is 15.1. The summed E-state index contributed by atoms with van der Waals surface area (Å²) < 4.78 is 0. The second kappa shape index (κ2) is 3.70. The highest BCUT2D eigenvalue weighted by Crippen LogP contribution is 2.46. The SMILES string of the molecule is N#CC[SH]1C=Cc2cc3ccccc3cc21. The molecule has 0 aromatic heterocycles. The summed E-state index contributed by atoms with van der Waals surface area (Å²) in [6.07, 6.45) is 2.16. The summed E-state index contributed by atoms with van der Waals surface area (Å²) in [5.41, 5.74) is 1.29. The van der Waals surface area contributed by atoms with Crippen molar-refractivity contribution in [2.24, 2.45) is 0 Å². The van der Waals surface area contributed by atoms with Crippen LogP contribution in [-0.4, -0.2) is 5.75 Å². The maximum absolute atomic E-state index is 8.80. The highest BCUT2D eigenvalue weighted by molar-refractivity contribution is 8.20. The average Bonchev–Trinajstić information content (AvgIpc) is 2.70. The van der Waals surface area contributed by atoms with Crippen molar-refractivity contribution in [3.8, 4) is 6.07 Å². The molecule has 1 heterocycles. The van der Waals surface area contributed by atoms with Gasteiger partial charge in [0.05, 0.1) is 11.8 Å². The fourth-order valence-corrected chi connectivity index (χ4v) is 3.80. The summed E-state index contributed by atoms with van der Waals surface area (Å²) >= 11 is 0. The molecule has 3 rings (SSSR count). The van der Waals surface area contributed by atoms with Crippen molar-refractivity contribution in [2.75, 3.05) is 5.75 Å². The topological polar surface area (TPSA) is 23.8 Å². The first kappa shape index (κ1) is 9.50. The predicted octanol–water partition coefficient (Wildman–Crippen LogP) is 3.71. The normalized spacial score (nSPS) is 19.6. The molecular formula is C14H11NS. The van der Waals surface area contributed by atoms with Gasteiger partial charge in [-0.1, -0.05) is 24.3 Å². The minimum atomic E-state index is -0.376. The molecule has 0 bridgehead atoms. The number of hydrogen-bond donors (Lipinski definition) is 1. The number of hydrogen-bond acceptors (Lipinski definition) is 1. The van der Waals surface area contributed by atoms with Gasteiger partial charge >= 0.3 is 0 Å². The molecule has 78 valence electrons. The molecule has 1 atom stereocenters. The van der Waals surface area contributed by atoms with Gasteiger partial charge in [-0.05, 0) is 44.8 Å². The number of fused-ring (bicyclic) bond motifs is 2. The van der Waals surface area contributed by atoms with E-state index in [1.807, 2.05) is 0 Å². The standard InChI is InChI=1S/C14H11NS/c15-6-8-16-7-5-13-9-11-3-1-2-4-12(11)10-14(13)16/h1-5,7,9-10,16H,8H2. The predicted molar refractivity (Wildman–Crippen MR) is 70.7 cm³/mol. The number of benzene rings is 2. The molecule has 0 saturated heterocycles.